The quantitative estimate of drug-likeness (QED) is 0.395. The first-order chi connectivity index (χ1) is 9.63. The van der Waals surface area contributed by atoms with E-state index in [0.717, 1.165) is 0 Å². The van der Waals surface area contributed by atoms with Gasteiger partial charge in [-0.25, -0.2) is 4.98 Å². The lowest BCUT2D eigenvalue weighted by Crippen LogP contribution is -2.23. The summed E-state index contributed by atoms with van der Waals surface area (Å²) in [4.78, 5) is 24.8. The Morgan fingerprint density at radius 3 is 3.00 bits per heavy atom. The maximum absolute atomic E-state index is 12.4. The summed E-state index contributed by atoms with van der Waals surface area (Å²) in [5.41, 5.74) is 0.162. The number of hydrogen-bond donors (Lipinski definition) is 0. The molecule has 0 amide bonds. The first-order valence-electron chi connectivity index (χ1n) is 5.80. The largest absolute Gasteiger partial charge is 0.609 e. The van der Waals surface area contributed by atoms with Crippen molar-refractivity contribution in [1.29, 1.82) is 0 Å². The Morgan fingerprint density at radius 2 is 2.30 bits per heavy atom. The van der Waals surface area contributed by atoms with Gasteiger partial charge in [-0.1, -0.05) is 6.08 Å². The summed E-state index contributed by atoms with van der Waals surface area (Å²) < 4.78 is 14.6. The summed E-state index contributed by atoms with van der Waals surface area (Å²) in [6, 6.07) is 0. The van der Waals surface area contributed by atoms with Crippen LogP contribution in [0.1, 0.15) is 0 Å². The van der Waals surface area contributed by atoms with Crippen LogP contribution in [0.5, 0.6) is 0 Å². The molecule has 0 saturated carbocycles. The molecule has 0 saturated heterocycles. The standard InChI is InChI=1S/C12H11N5O2S/c1-3-5-17-10(18)8-7-14-11(20(2)19)15-9(8)16-6-4-13-12(16)17/h3-4,6-7H,1,5H2,2H3. The molecule has 1 atom stereocenters. The average molecular weight is 289 g/mol. The summed E-state index contributed by atoms with van der Waals surface area (Å²) in [6.07, 6.45) is 7.80. The summed E-state index contributed by atoms with van der Waals surface area (Å²) in [7, 11) is 0. The lowest BCUT2D eigenvalue weighted by molar-refractivity contribution is 0.592. The van der Waals surface area contributed by atoms with E-state index in [1.807, 2.05) is 0 Å². The number of aromatic nitrogens is 5. The highest BCUT2D eigenvalue weighted by Crippen LogP contribution is 2.12. The van der Waals surface area contributed by atoms with Gasteiger partial charge in [-0.3, -0.25) is 13.8 Å². The molecule has 102 valence electrons. The van der Waals surface area contributed by atoms with E-state index in [4.69, 9.17) is 0 Å². The van der Waals surface area contributed by atoms with E-state index < -0.39 is 11.2 Å². The predicted molar refractivity (Wildman–Crippen MR) is 75.1 cm³/mol. The molecule has 0 aliphatic rings. The summed E-state index contributed by atoms with van der Waals surface area (Å²) >= 11 is -1.31. The van der Waals surface area contributed by atoms with Gasteiger partial charge >= 0.3 is 5.16 Å². The molecule has 20 heavy (non-hydrogen) atoms. The lowest BCUT2D eigenvalue weighted by Gasteiger charge is -2.08. The molecule has 0 bridgehead atoms. The van der Waals surface area contributed by atoms with Crippen LogP contribution in [-0.4, -0.2) is 34.7 Å². The van der Waals surface area contributed by atoms with Gasteiger partial charge in [-0.05, 0) is 0 Å². The molecule has 0 aliphatic carbocycles. The number of imidazole rings is 1. The highest BCUT2D eigenvalue weighted by atomic mass is 32.2. The Hall–Kier alpha value is -2.19. The van der Waals surface area contributed by atoms with Gasteiger partial charge in [-0.2, -0.15) is 9.97 Å². The zero-order valence-electron chi connectivity index (χ0n) is 10.7. The van der Waals surface area contributed by atoms with Crippen molar-refractivity contribution >= 4 is 28.0 Å². The normalized spacial score (nSPS) is 12.9. The van der Waals surface area contributed by atoms with Crippen molar-refractivity contribution in [3.8, 4) is 0 Å². The monoisotopic (exact) mass is 289 g/mol. The Morgan fingerprint density at radius 1 is 1.50 bits per heavy atom. The number of fused-ring (bicyclic) bond motifs is 3. The summed E-state index contributed by atoms with van der Waals surface area (Å²) in [6.45, 7) is 3.98. The van der Waals surface area contributed by atoms with Crippen LogP contribution in [0, 0.1) is 0 Å². The van der Waals surface area contributed by atoms with E-state index in [9.17, 15) is 9.35 Å². The average Bonchev–Trinajstić information content (AvgIpc) is 2.92. The molecule has 3 rings (SSSR count). The third-order valence-corrected chi connectivity index (χ3v) is 3.59. The van der Waals surface area contributed by atoms with Gasteiger partial charge in [0.1, 0.15) is 11.6 Å². The van der Waals surface area contributed by atoms with Crippen molar-refractivity contribution in [2.24, 2.45) is 0 Å². The van der Waals surface area contributed by atoms with E-state index in [1.165, 1.54) is 17.0 Å². The zero-order valence-corrected chi connectivity index (χ0v) is 11.5. The molecule has 3 aromatic heterocycles. The first kappa shape index (κ1) is 12.8. The van der Waals surface area contributed by atoms with Gasteiger partial charge in [0, 0.05) is 30.1 Å². The molecular weight excluding hydrogens is 278 g/mol. The third-order valence-electron chi connectivity index (χ3n) is 2.88. The number of nitrogens with zero attached hydrogens (tertiary/aromatic N) is 5. The minimum atomic E-state index is -1.31. The van der Waals surface area contributed by atoms with Crippen LogP contribution in [-0.2, 0) is 17.7 Å². The molecule has 0 fully saturated rings. The van der Waals surface area contributed by atoms with Crippen molar-refractivity contribution < 1.29 is 4.55 Å². The minimum absolute atomic E-state index is 0.188. The van der Waals surface area contributed by atoms with Gasteiger partial charge in [0.25, 0.3) is 5.56 Å². The lowest BCUT2D eigenvalue weighted by atomic mass is 10.4. The van der Waals surface area contributed by atoms with Crippen molar-refractivity contribution in [3.63, 3.8) is 0 Å². The van der Waals surface area contributed by atoms with E-state index in [0.29, 0.717) is 23.4 Å². The highest BCUT2D eigenvalue weighted by molar-refractivity contribution is 7.90. The molecule has 0 aliphatic heterocycles. The topological polar surface area (TPSA) is 88.1 Å². The fourth-order valence-electron chi connectivity index (χ4n) is 2.02. The fraction of sp³-hybridized carbons (Fsp3) is 0.167. The highest BCUT2D eigenvalue weighted by Gasteiger charge is 2.16. The Labute approximate surface area is 116 Å². The van der Waals surface area contributed by atoms with Crippen LogP contribution in [0.25, 0.3) is 16.8 Å². The van der Waals surface area contributed by atoms with Crippen molar-refractivity contribution in [2.45, 2.75) is 11.7 Å². The van der Waals surface area contributed by atoms with Gasteiger partial charge in [0.2, 0.25) is 5.78 Å². The van der Waals surface area contributed by atoms with Gasteiger partial charge in [0.05, 0.1) is 6.20 Å². The Kier molecular flexibility index (Phi) is 3.03. The molecule has 3 heterocycles. The number of allylic oxidation sites excluding steroid dienone is 1. The summed E-state index contributed by atoms with van der Waals surface area (Å²) in [5.74, 6) is 0.467. The van der Waals surface area contributed by atoms with E-state index >= 15 is 0 Å². The van der Waals surface area contributed by atoms with Crippen LogP contribution in [0.15, 0.2) is 41.2 Å². The van der Waals surface area contributed by atoms with Crippen molar-refractivity contribution in [1.82, 2.24) is 23.9 Å². The van der Waals surface area contributed by atoms with Gasteiger partial charge in [-0.15, -0.1) is 6.58 Å². The molecule has 3 aromatic rings. The van der Waals surface area contributed by atoms with Gasteiger partial charge < -0.3 is 4.55 Å². The third kappa shape index (κ3) is 1.81. The molecule has 7 nitrogen and oxygen atoms in total. The van der Waals surface area contributed by atoms with Crippen LogP contribution in [0.3, 0.4) is 0 Å². The Balaban J connectivity index is 2.48. The van der Waals surface area contributed by atoms with E-state index in [-0.39, 0.29) is 10.7 Å². The summed E-state index contributed by atoms with van der Waals surface area (Å²) in [5, 5.41) is 0.542. The van der Waals surface area contributed by atoms with Crippen molar-refractivity contribution in [3.05, 3.63) is 41.6 Å². The Bertz CT molecular complexity index is 867. The second-order valence-corrected chi connectivity index (χ2v) is 5.42. The van der Waals surface area contributed by atoms with Crippen LogP contribution in [0.4, 0.5) is 0 Å². The fourth-order valence-corrected chi connectivity index (χ4v) is 2.44. The zero-order chi connectivity index (χ0) is 14.3. The smallest absolute Gasteiger partial charge is 0.344 e. The second kappa shape index (κ2) is 4.73. The molecule has 8 heteroatoms. The molecule has 0 radical (unpaired) electrons. The van der Waals surface area contributed by atoms with Crippen LogP contribution >= 0.6 is 0 Å². The van der Waals surface area contributed by atoms with Gasteiger partial charge in [0.15, 0.2) is 5.65 Å². The van der Waals surface area contributed by atoms with Crippen LogP contribution < -0.4 is 5.56 Å². The molecule has 0 N–H and O–H groups in total. The molecule has 0 spiro atoms. The van der Waals surface area contributed by atoms with E-state index in [1.54, 1.807) is 22.9 Å². The van der Waals surface area contributed by atoms with Crippen LogP contribution in [0.2, 0.25) is 0 Å². The SMILES string of the molecule is C=CCn1c(=O)c2cnc([S+](C)[O-])nc2n2ccnc12. The predicted octanol–water partition coefficient (Wildman–Crippen LogP) is 0.363. The maximum Gasteiger partial charge on any atom is 0.344 e. The molecule has 1 unspecified atom stereocenters. The second-order valence-electron chi connectivity index (χ2n) is 4.15. The maximum atomic E-state index is 12.4. The first-order valence-corrected chi connectivity index (χ1v) is 7.36. The molecular formula is C12H11N5O2S. The van der Waals surface area contributed by atoms with Crippen molar-refractivity contribution in [2.75, 3.05) is 6.26 Å². The minimum Gasteiger partial charge on any atom is -0.609 e. The number of rotatable bonds is 3. The molecule has 0 aromatic carbocycles. The number of hydrogen-bond acceptors (Lipinski definition) is 5. The van der Waals surface area contributed by atoms with E-state index in [2.05, 4.69) is 21.5 Å².